The minimum atomic E-state index is 0.559. The number of fused-ring (bicyclic) bond motifs is 8. The van der Waals surface area contributed by atoms with Gasteiger partial charge in [0.25, 0.3) is 0 Å². The Bertz CT molecular complexity index is 8500. The van der Waals surface area contributed by atoms with Crippen LogP contribution in [0, 0.1) is 96.9 Å². The summed E-state index contributed by atoms with van der Waals surface area (Å²) >= 11 is 0. The van der Waals surface area contributed by atoms with Crippen molar-refractivity contribution >= 4 is 82.5 Å². The number of nitrogens with one attached hydrogen (secondary N) is 5. The summed E-state index contributed by atoms with van der Waals surface area (Å²) in [7, 11) is 0. The number of aromatic amines is 5. The van der Waals surface area contributed by atoms with Crippen molar-refractivity contribution in [2.24, 2.45) is 0 Å². The summed E-state index contributed by atoms with van der Waals surface area (Å²) in [6.07, 6.45) is 18.0. The molecule has 140 heavy (non-hydrogen) atoms. The molecule has 23 nitrogen and oxygen atoms in total. The number of imidazole rings is 5. The van der Waals surface area contributed by atoms with Gasteiger partial charge >= 0.3 is 0 Å². The minimum absolute atomic E-state index is 0.559. The highest BCUT2D eigenvalue weighted by Crippen LogP contribution is 2.50. The standard InChI is InChI=1S/2C24H20N4O.C23H20N4O.2C23H23N3O/c1-13-22(14(2)29-28-13)16-11-19(17-5-3-7-20-18(17)6-4-10-25-20)23-21(12-16)26-24(27-23)15-8-9-15;1-13-21(14(2)29-28-13)17-11-19(18-7-3-5-15-6-4-10-25-22(15)18)23-20(12-17)26-24(27-23)16-8-9-16;1-13-21(14(2)28-26-13)16-11-18(20-9-8-17-5-3-4-10-27(17)20)22-19(12-16)24-23(25-22)15-6-7-15;1-12-7-13(2)9-17(8-12)19-10-18(21-14(3)26-27-15(21)4)11-20-22(19)25-23(24-20)16-5-6-16;1-12-6-5-7-18(13(12)2)19-10-17(21-14(3)26-27-15(21)4)11-20-22(19)25-23(24-20)16-8-9-16/h3-7,10-12,15H,8-9H2,1-2H3,(H,26,27);3-7,10-12,16H,8-9H2,1-2H3,(H,26,27);3-5,8-12,15H,6-7H2,1-2H3,(H,24,25);7-11,16H,5-6H2,1-4H3,(H,24,25);5-7,10-11,16H,8-9H2,1-4H3,(H,24,25). The molecular formula is C117H106N18O5. The lowest BCUT2D eigenvalue weighted by atomic mass is 9.93. The van der Waals surface area contributed by atoms with E-state index in [1.807, 2.05) is 99.8 Å². The lowest BCUT2D eigenvalue weighted by Crippen LogP contribution is -1.91. The fourth-order valence-electron chi connectivity index (χ4n) is 20.8. The Labute approximate surface area is 807 Å². The molecule has 5 aliphatic rings. The number of hydrogen-bond acceptors (Lipinski definition) is 17. The van der Waals surface area contributed by atoms with Crippen molar-refractivity contribution in [3.8, 4) is 111 Å². The zero-order valence-electron chi connectivity index (χ0n) is 80.9. The van der Waals surface area contributed by atoms with Gasteiger partial charge in [0.1, 0.15) is 57.9 Å². The van der Waals surface area contributed by atoms with E-state index in [4.69, 9.17) is 47.5 Å². The van der Waals surface area contributed by atoms with Crippen molar-refractivity contribution in [1.82, 2.24) is 90.0 Å². The predicted molar refractivity (Wildman–Crippen MR) is 553 cm³/mol. The fraction of sp³-hybridized carbons (Fsp3) is 0.248. The molecule has 23 aromatic rings. The van der Waals surface area contributed by atoms with E-state index in [-0.39, 0.29) is 0 Å². The zero-order chi connectivity index (χ0) is 95.3. The third kappa shape index (κ3) is 16.2. The lowest BCUT2D eigenvalue weighted by Gasteiger charge is -2.11. The summed E-state index contributed by atoms with van der Waals surface area (Å²) in [5.41, 5.74) is 45.6. The van der Waals surface area contributed by atoms with Gasteiger partial charge in [0.05, 0.1) is 100 Å². The molecule has 0 unspecified atom stereocenters. The molecule has 0 bridgehead atoms. The number of rotatable bonds is 15. The topological polar surface area (TPSA) is 304 Å². The molecule has 28 rings (SSSR count). The van der Waals surface area contributed by atoms with Crippen LogP contribution in [-0.4, -0.2) is 90.0 Å². The first kappa shape index (κ1) is 86.8. The van der Waals surface area contributed by atoms with Gasteiger partial charge in [-0.15, -0.1) is 0 Å². The predicted octanol–water partition coefficient (Wildman–Crippen LogP) is 29.5. The highest BCUT2D eigenvalue weighted by molar-refractivity contribution is 6.07. The summed E-state index contributed by atoms with van der Waals surface area (Å²) in [5.74, 6) is 12.6. The first-order chi connectivity index (χ1) is 68.1. The molecule has 0 saturated heterocycles. The van der Waals surface area contributed by atoms with Gasteiger partial charge < -0.3 is 51.9 Å². The first-order valence-electron chi connectivity index (χ1n) is 48.8. The van der Waals surface area contributed by atoms with Gasteiger partial charge in [-0.3, -0.25) is 9.97 Å². The Morgan fingerprint density at radius 3 is 1.06 bits per heavy atom. The monoisotopic (exact) mass is 1840 g/mol. The molecule has 5 saturated carbocycles. The van der Waals surface area contributed by atoms with Crippen molar-refractivity contribution < 1.29 is 22.6 Å². The second-order valence-electron chi connectivity index (χ2n) is 39.2. The van der Waals surface area contributed by atoms with Crippen molar-refractivity contribution in [3.05, 3.63) is 315 Å². The zero-order valence-corrected chi connectivity index (χ0v) is 80.9. The first-order valence-corrected chi connectivity index (χ1v) is 48.8. The Kier molecular flexibility index (Phi) is 21.4. The molecule has 5 N–H and O–H groups in total. The van der Waals surface area contributed by atoms with Crippen LogP contribution in [-0.2, 0) is 0 Å². The van der Waals surface area contributed by atoms with Crippen molar-refractivity contribution in [3.63, 3.8) is 0 Å². The fourth-order valence-corrected chi connectivity index (χ4v) is 20.8. The summed E-state index contributed by atoms with van der Waals surface area (Å²) in [6.45, 7) is 28.4. The van der Waals surface area contributed by atoms with Crippen LogP contribution in [0.5, 0.6) is 0 Å². The summed E-state index contributed by atoms with van der Waals surface area (Å²) in [5, 5.41) is 23.0. The van der Waals surface area contributed by atoms with Crippen molar-refractivity contribution in [1.29, 1.82) is 0 Å². The number of pyridine rings is 3. The third-order valence-electron chi connectivity index (χ3n) is 28.6. The maximum atomic E-state index is 5.45. The average molecular weight is 1840 g/mol. The van der Waals surface area contributed by atoms with Crippen molar-refractivity contribution in [2.45, 2.75) is 191 Å². The molecule has 694 valence electrons. The number of para-hydroxylation sites is 1. The van der Waals surface area contributed by atoms with Crippen LogP contribution in [0.2, 0.25) is 0 Å². The van der Waals surface area contributed by atoms with Crippen LogP contribution in [0.1, 0.15) is 202 Å². The summed E-state index contributed by atoms with van der Waals surface area (Å²) < 4.78 is 29.4. The summed E-state index contributed by atoms with van der Waals surface area (Å²) in [4.78, 5) is 52.1. The molecule has 0 spiro atoms. The molecule has 0 atom stereocenters. The van der Waals surface area contributed by atoms with Gasteiger partial charge in [0.2, 0.25) is 0 Å². The normalized spacial score (nSPS) is 14.2. The molecule has 0 aliphatic heterocycles. The average Bonchev–Trinajstić information content (AvgIpc) is 1.63. The maximum Gasteiger partial charge on any atom is 0.141 e. The maximum absolute atomic E-state index is 5.45. The van der Waals surface area contributed by atoms with Crippen LogP contribution >= 0.6 is 0 Å². The number of H-pyrrole nitrogens is 5. The van der Waals surface area contributed by atoms with Crippen LogP contribution in [0.3, 0.4) is 0 Å². The van der Waals surface area contributed by atoms with E-state index < -0.39 is 0 Å². The SMILES string of the molecule is Cc1cc(C)cc(-c2cc(-c3c(C)noc3C)cc3[nH]c(C4CC4)nc23)c1.Cc1cccc(-c2cc(-c3c(C)noc3C)cc3[nH]c(C4CC4)nc23)c1C.Cc1noc(C)c1-c1cc(-c2ccc3ccccn23)c2nc(C3CC3)[nH]c2c1.Cc1noc(C)c1-c1cc(-c2cccc3cccnc23)c2nc(C3CC3)[nH]c2c1.Cc1noc(C)c1-c1cc(-c2cccc3ncccc23)c2nc(C3CC3)[nH]c2c1. The lowest BCUT2D eigenvalue weighted by molar-refractivity contribution is 0.393. The largest absolute Gasteiger partial charge is 0.361 e. The van der Waals surface area contributed by atoms with E-state index in [9.17, 15) is 0 Å². The van der Waals surface area contributed by atoms with E-state index in [0.29, 0.717) is 29.6 Å². The highest BCUT2D eigenvalue weighted by atomic mass is 16.5. The number of aromatic nitrogens is 18. The van der Waals surface area contributed by atoms with Crippen molar-refractivity contribution in [2.75, 3.05) is 0 Å². The van der Waals surface area contributed by atoms with E-state index >= 15 is 0 Å². The molecule has 14 heterocycles. The van der Waals surface area contributed by atoms with Crippen LogP contribution in [0.15, 0.2) is 229 Å². The Hall–Kier alpha value is -16.0. The van der Waals surface area contributed by atoms with E-state index in [2.05, 4.69) is 269 Å². The van der Waals surface area contributed by atoms with Gasteiger partial charge in [-0.05, 0) is 320 Å². The Balaban J connectivity index is 0.0000000949. The Morgan fingerprint density at radius 2 is 0.636 bits per heavy atom. The number of benzene rings is 9. The number of aryl methyl sites for hydroxylation is 13. The van der Waals surface area contributed by atoms with Gasteiger partial charge in [-0.2, -0.15) is 0 Å². The molecule has 0 radical (unpaired) electrons. The smallest absolute Gasteiger partial charge is 0.141 e. The minimum Gasteiger partial charge on any atom is -0.361 e. The summed E-state index contributed by atoms with van der Waals surface area (Å²) in [6, 6.07) is 66.5. The number of hydrogen-bond donors (Lipinski definition) is 5. The van der Waals surface area contributed by atoms with Crippen LogP contribution in [0.25, 0.3) is 194 Å². The van der Waals surface area contributed by atoms with Gasteiger partial charge in [0.15, 0.2) is 0 Å². The van der Waals surface area contributed by atoms with Gasteiger partial charge in [0, 0.05) is 126 Å². The van der Waals surface area contributed by atoms with Crippen LogP contribution < -0.4 is 0 Å². The second kappa shape index (κ2) is 34.6. The van der Waals surface area contributed by atoms with Gasteiger partial charge in [-0.1, -0.05) is 122 Å². The molecule has 5 aliphatic carbocycles. The molecule has 14 aromatic heterocycles. The van der Waals surface area contributed by atoms with E-state index in [1.165, 1.54) is 109 Å². The molecular weight excluding hydrogens is 1740 g/mol. The molecule has 23 heteroatoms. The highest BCUT2D eigenvalue weighted by Gasteiger charge is 2.35. The molecule has 9 aromatic carbocycles. The quantitative estimate of drug-likeness (QED) is 0.0637. The number of nitrogens with zero attached hydrogens (tertiary/aromatic N) is 13. The van der Waals surface area contributed by atoms with Crippen LogP contribution in [0.4, 0.5) is 0 Å². The van der Waals surface area contributed by atoms with Gasteiger partial charge in [-0.25, -0.2) is 24.9 Å². The van der Waals surface area contributed by atoms with E-state index in [1.54, 1.807) is 0 Å². The van der Waals surface area contributed by atoms with E-state index in [0.717, 1.165) is 258 Å². The molecule has 0 amide bonds. The Morgan fingerprint density at radius 1 is 0.279 bits per heavy atom. The third-order valence-corrected chi connectivity index (χ3v) is 28.6. The molecule has 5 fully saturated rings. The second-order valence-corrected chi connectivity index (χ2v) is 39.2.